The van der Waals surface area contributed by atoms with Crippen molar-refractivity contribution in [2.75, 3.05) is 0 Å². The zero-order chi connectivity index (χ0) is 24.6. The van der Waals surface area contributed by atoms with Gasteiger partial charge in [0, 0.05) is 29.3 Å². The van der Waals surface area contributed by atoms with Crippen molar-refractivity contribution in [2.45, 2.75) is 26.2 Å². The molecule has 36 heavy (non-hydrogen) atoms. The molecular weight excluding hydrogens is 438 g/mol. The molecule has 6 rings (SSSR count). The molecule has 0 saturated heterocycles. The standard InChI is InChI=1S/C34H29NO/c1-23-15-17-25(18-16-23)26-12-8-13-29(19-26)35-24(2)9-4-3-5-11-28-20-31-30-14-7-6-10-27(30)21-34(36)32(31)22-33(28)35/h3-20,22,27,30H,21H2,1-2H3. The number of rotatable bonds is 2. The molecule has 2 nitrogen and oxygen atoms in total. The number of carbonyl (C=O) groups is 1. The molecule has 2 aliphatic rings. The second-order valence-corrected chi connectivity index (χ2v) is 9.89. The van der Waals surface area contributed by atoms with Crippen molar-refractivity contribution in [3.8, 4) is 16.8 Å². The lowest BCUT2D eigenvalue weighted by molar-refractivity contribution is 0.0954. The van der Waals surface area contributed by atoms with Gasteiger partial charge in [-0.15, -0.1) is 0 Å². The molecule has 176 valence electrons. The normalized spacial score (nSPS) is 18.0. The zero-order valence-corrected chi connectivity index (χ0v) is 20.7. The summed E-state index contributed by atoms with van der Waals surface area (Å²) >= 11 is 0. The van der Waals surface area contributed by atoms with E-state index >= 15 is 0 Å². The number of hydrogen-bond acceptors (Lipinski definition) is 1. The molecular formula is C34H29NO. The number of carbonyl (C=O) groups excluding carboxylic acids is 1. The van der Waals surface area contributed by atoms with E-state index in [0.717, 1.165) is 33.4 Å². The Bertz CT molecular complexity index is 1600. The molecule has 0 aliphatic heterocycles. The first-order chi connectivity index (χ1) is 17.6. The molecule has 0 amide bonds. The second-order valence-electron chi connectivity index (χ2n) is 9.89. The highest BCUT2D eigenvalue weighted by Gasteiger charge is 2.32. The molecule has 2 unspecified atom stereocenters. The second kappa shape index (κ2) is 9.13. The summed E-state index contributed by atoms with van der Waals surface area (Å²) in [7, 11) is 0. The van der Waals surface area contributed by atoms with Gasteiger partial charge in [-0.05, 0) is 72.2 Å². The van der Waals surface area contributed by atoms with Crippen LogP contribution in [0.1, 0.15) is 39.5 Å². The van der Waals surface area contributed by atoms with Gasteiger partial charge in [-0.3, -0.25) is 4.79 Å². The number of allylic oxidation sites excluding steroid dienone is 4. The largest absolute Gasteiger partial charge is 0.314 e. The maximum atomic E-state index is 13.3. The van der Waals surface area contributed by atoms with Crippen molar-refractivity contribution >= 4 is 16.7 Å². The third-order valence-corrected chi connectivity index (χ3v) is 7.45. The summed E-state index contributed by atoms with van der Waals surface area (Å²) in [6, 6.07) is 32.2. The minimum Gasteiger partial charge on any atom is -0.314 e. The highest BCUT2D eigenvalue weighted by Crippen LogP contribution is 2.41. The number of aryl methyl sites for hydroxylation is 2. The summed E-state index contributed by atoms with van der Waals surface area (Å²) in [6.45, 7) is 4.24. The van der Waals surface area contributed by atoms with E-state index in [9.17, 15) is 4.79 Å². The van der Waals surface area contributed by atoms with Crippen LogP contribution in [0.4, 0.5) is 0 Å². The number of ketones is 1. The maximum Gasteiger partial charge on any atom is 0.163 e. The van der Waals surface area contributed by atoms with Crippen LogP contribution in [0, 0.1) is 19.8 Å². The third-order valence-electron chi connectivity index (χ3n) is 7.45. The van der Waals surface area contributed by atoms with Gasteiger partial charge in [-0.2, -0.15) is 0 Å². The molecule has 1 aromatic heterocycles. The first-order valence-corrected chi connectivity index (χ1v) is 12.6. The van der Waals surface area contributed by atoms with Crippen LogP contribution in [0.2, 0.25) is 0 Å². The monoisotopic (exact) mass is 467 g/mol. The first kappa shape index (κ1) is 22.3. The SMILES string of the molecule is Cc1ccc(-c2cccc(-n3c(C)cccccc4cc5c(cc43)C(=O)CC3C=CC=CC53)c2)cc1. The Hall–Kier alpha value is -4.17. The molecule has 0 N–H and O–H groups in total. The van der Waals surface area contributed by atoms with Crippen LogP contribution in [0.5, 0.6) is 0 Å². The highest BCUT2D eigenvalue weighted by atomic mass is 16.1. The quantitative estimate of drug-likeness (QED) is 0.290. The molecule has 1 heterocycles. The van der Waals surface area contributed by atoms with Crippen LogP contribution in [0.15, 0.2) is 115 Å². The summed E-state index contributed by atoms with van der Waals surface area (Å²) in [6.07, 6.45) is 9.17. The summed E-state index contributed by atoms with van der Waals surface area (Å²) in [5.74, 6) is 0.725. The van der Waals surface area contributed by atoms with Crippen LogP contribution in [-0.2, 0) is 0 Å². The average molecular weight is 468 g/mol. The van der Waals surface area contributed by atoms with E-state index in [4.69, 9.17) is 0 Å². The first-order valence-electron chi connectivity index (χ1n) is 12.6. The molecule has 4 aromatic rings. The lowest BCUT2D eigenvalue weighted by atomic mass is 9.72. The van der Waals surface area contributed by atoms with Crippen molar-refractivity contribution in [2.24, 2.45) is 5.92 Å². The van der Waals surface area contributed by atoms with Crippen molar-refractivity contribution in [1.29, 1.82) is 0 Å². The summed E-state index contributed by atoms with van der Waals surface area (Å²) in [4.78, 5) is 13.3. The molecule has 0 bridgehead atoms. The van der Waals surface area contributed by atoms with Gasteiger partial charge in [0.05, 0.1) is 5.52 Å². The number of fused-ring (bicyclic) bond motifs is 4. The van der Waals surface area contributed by atoms with Crippen LogP contribution >= 0.6 is 0 Å². The van der Waals surface area contributed by atoms with E-state index in [1.165, 1.54) is 16.7 Å². The van der Waals surface area contributed by atoms with Crippen molar-refractivity contribution < 1.29 is 4.79 Å². The van der Waals surface area contributed by atoms with Gasteiger partial charge in [-0.1, -0.05) is 90.5 Å². The molecule has 2 atom stereocenters. The fourth-order valence-corrected chi connectivity index (χ4v) is 5.57. The Kier molecular flexibility index (Phi) is 5.65. The smallest absolute Gasteiger partial charge is 0.163 e. The molecule has 0 radical (unpaired) electrons. The molecule has 0 spiro atoms. The maximum absolute atomic E-state index is 13.3. The lowest BCUT2D eigenvalue weighted by Crippen LogP contribution is -2.24. The summed E-state index contributed by atoms with van der Waals surface area (Å²) in [5.41, 5.74) is 8.81. The Morgan fingerprint density at radius 2 is 1.56 bits per heavy atom. The zero-order valence-electron chi connectivity index (χ0n) is 20.7. The Morgan fingerprint density at radius 1 is 0.750 bits per heavy atom. The Morgan fingerprint density at radius 3 is 2.42 bits per heavy atom. The van der Waals surface area contributed by atoms with Gasteiger partial charge < -0.3 is 4.57 Å². The van der Waals surface area contributed by atoms with Crippen molar-refractivity contribution in [1.82, 2.24) is 4.57 Å². The average Bonchev–Trinajstić information content (AvgIpc) is 2.97. The minimum atomic E-state index is 0.228. The summed E-state index contributed by atoms with van der Waals surface area (Å²) in [5, 5.41) is 1.12. The van der Waals surface area contributed by atoms with Gasteiger partial charge in [0.25, 0.3) is 0 Å². The molecule has 0 saturated carbocycles. The molecule has 3 aromatic carbocycles. The minimum absolute atomic E-state index is 0.228. The number of Topliss-reactive ketones (excluding diaryl/α,β-unsaturated/α-hetero) is 1. The number of nitrogens with zero attached hydrogens (tertiary/aromatic N) is 1. The lowest BCUT2D eigenvalue weighted by Gasteiger charge is -2.31. The molecule has 2 heteroatoms. The van der Waals surface area contributed by atoms with Gasteiger partial charge in [0.2, 0.25) is 0 Å². The number of hydrogen-bond donors (Lipinski definition) is 0. The van der Waals surface area contributed by atoms with Crippen molar-refractivity contribution in [3.63, 3.8) is 0 Å². The summed E-state index contributed by atoms with van der Waals surface area (Å²) < 4.78 is 2.28. The molecule has 0 fully saturated rings. The van der Waals surface area contributed by atoms with Gasteiger partial charge in [0.15, 0.2) is 5.78 Å². The number of benzene rings is 3. The molecule has 2 aliphatic carbocycles. The van der Waals surface area contributed by atoms with Crippen LogP contribution < -0.4 is 0 Å². The van der Waals surface area contributed by atoms with Crippen molar-refractivity contribution in [3.05, 3.63) is 138 Å². The van der Waals surface area contributed by atoms with Crippen LogP contribution in [-0.4, -0.2) is 10.4 Å². The highest BCUT2D eigenvalue weighted by molar-refractivity contribution is 6.03. The van der Waals surface area contributed by atoms with Gasteiger partial charge in [-0.25, -0.2) is 0 Å². The van der Waals surface area contributed by atoms with Gasteiger partial charge in [0.1, 0.15) is 0 Å². The van der Waals surface area contributed by atoms with Crippen LogP contribution in [0.3, 0.4) is 0 Å². The third kappa shape index (κ3) is 3.99. The van der Waals surface area contributed by atoms with Gasteiger partial charge >= 0.3 is 0 Å². The fourth-order valence-electron chi connectivity index (χ4n) is 5.57. The van der Waals surface area contributed by atoms with E-state index in [2.05, 4.69) is 134 Å². The van der Waals surface area contributed by atoms with Crippen LogP contribution in [0.25, 0.3) is 27.7 Å². The Labute approximate surface area is 212 Å². The predicted octanol–water partition coefficient (Wildman–Crippen LogP) is 8.45. The Balaban J connectivity index is 1.62. The topological polar surface area (TPSA) is 22.0 Å². The number of aromatic nitrogens is 1. The van der Waals surface area contributed by atoms with E-state index in [-0.39, 0.29) is 17.6 Å². The van der Waals surface area contributed by atoms with E-state index in [1.54, 1.807) is 0 Å². The van der Waals surface area contributed by atoms with E-state index in [0.29, 0.717) is 6.42 Å². The fraction of sp³-hybridized carbons (Fsp3) is 0.147. The van der Waals surface area contributed by atoms with E-state index in [1.807, 2.05) is 0 Å². The predicted molar refractivity (Wildman–Crippen MR) is 149 cm³/mol. The van der Waals surface area contributed by atoms with E-state index < -0.39 is 0 Å².